The van der Waals surface area contributed by atoms with Gasteiger partial charge in [-0.2, -0.15) is 4.31 Å². The summed E-state index contributed by atoms with van der Waals surface area (Å²) < 4.78 is 32.5. The minimum Gasteiger partial charge on any atom is -0.361 e. The quantitative estimate of drug-likeness (QED) is 0.758. The van der Waals surface area contributed by atoms with Gasteiger partial charge in [0.1, 0.15) is 9.97 Å². The Hall–Kier alpha value is -1.23. The third-order valence-electron chi connectivity index (χ3n) is 3.52. The largest absolute Gasteiger partial charge is 0.361 e. The Labute approximate surface area is 146 Å². The van der Waals surface area contributed by atoms with E-state index in [1.54, 1.807) is 30.0 Å². The molecule has 0 radical (unpaired) electrons. The molecular weight excluding hydrogens is 406 g/mol. The molecule has 0 atom stereocenters. The molecule has 0 saturated carbocycles. The zero-order valence-corrected chi connectivity index (χ0v) is 15.4. The molecule has 1 amide bonds. The van der Waals surface area contributed by atoms with Gasteiger partial charge in [0.15, 0.2) is 5.69 Å². The van der Waals surface area contributed by atoms with Crippen LogP contribution in [0.2, 0.25) is 0 Å². The second kappa shape index (κ2) is 6.34. The minimum absolute atomic E-state index is 0.238. The zero-order chi connectivity index (χ0) is 16.6. The normalized spacial score (nSPS) is 16.7. The van der Waals surface area contributed by atoms with E-state index >= 15 is 0 Å². The number of hydrogen-bond acceptors (Lipinski definition) is 6. The number of thiophene rings is 1. The summed E-state index contributed by atoms with van der Waals surface area (Å²) in [5.74, 6) is 0.329. The van der Waals surface area contributed by atoms with Crippen molar-refractivity contribution in [3.05, 3.63) is 33.4 Å². The van der Waals surface area contributed by atoms with Crippen molar-refractivity contribution in [2.45, 2.75) is 11.1 Å². The first-order valence-electron chi connectivity index (χ1n) is 6.86. The lowest BCUT2D eigenvalue weighted by Gasteiger charge is -2.33. The van der Waals surface area contributed by atoms with Gasteiger partial charge in [-0.25, -0.2) is 8.42 Å². The lowest BCUT2D eigenvalue weighted by Crippen LogP contribution is -2.50. The highest BCUT2D eigenvalue weighted by Gasteiger charge is 2.32. The summed E-state index contributed by atoms with van der Waals surface area (Å²) in [6.07, 6.45) is 0. The molecule has 1 fully saturated rings. The molecule has 2 aromatic heterocycles. The number of nitrogens with zero attached hydrogens (tertiary/aromatic N) is 3. The van der Waals surface area contributed by atoms with Crippen molar-refractivity contribution < 1.29 is 17.7 Å². The summed E-state index contributed by atoms with van der Waals surface area (Å²) >= 11 is 4.45. The monoisotopic (exact) mass is 419 g/mol. The fourth-order valence-electron chi connectivity index (χ4n) is 2.32. The van der Waals surface area contributed by atoms with Gasteiger partial charge in [0.2, 0.25) is 0 Å². The van der Waals surface area contributed by atoms with E-state index in [4.69, 9.17) is 4.52 Å². The first-order valence-corrected chi connectivity index (χ1v) is 9.91. The molecule has 7 nitrogen and oxygen atoms in total. The molecule has 0 unspecified atom stereocenters. The summed E-state index contributed by atoms with van der Waals surface area (Å²) in [4.78, 5) is 13.9. The molecule has 0 N–H and O–H groups in total. The third-order valence-corrected chi connectivity index (χ3v) is 7.51. The van der Waals surface area contributed by atoms with Crippen molar-refractivity contribution in [3.63, 3.8) is 0 Å². The van der Waals surface area contributed by atoms with Gasteiger partial charge in [0.05, 0.1) is 3.79 Å². The number of carbonyl (C=O) groups is 1. The van der Waals surface area contributed by atoms with Crippen LogP contribution in [-0.2, 0) is 10.0 Å². The minimum atomic E-state index is -3.50. The molecule has 124 valence electrons. The Bertz CT molecular complexity index is 822. The smallest absolute Gasteiger partial charge is 0.276 e. The van der Waals surface area contributed by atoms with E-state index in [1.807, 2.05) is 0 Å². The van der Waals surface area contributed by atoms with Crippen LogP contribution in [0.4, 0.5) is 0 Å². The Balaban J connectivity index is 1.67. The maximum atomic E-state index is 12.5. The third kappa shape index (κ3) is 3.35. The van der Waals surface area contributed by atoms with Gasteiger partial charge in [0, 0.05) is 32.2 Å². The second-order valence-electron chi connectivity index (χ2n) is 5.08. The first-order chi connectivity index (χ1) is 10.9. The lowest BCUT2D eigenvalue weighted by molar-refractivity contribution is 0.0687. The van der Waals surface area contributed by atoms with Gasteiger partial charge < -0.3 is 9.42 Å². The summed E-state index contributed by atoms with van der Waals surface area (Å²) in [5.41, 5.74) is 0.251. The number of hydrogen-bond donors (Lipinski definition) is 0. The highest BCUT2D eigenvalue weighted by atomic mass is 79.9. The molecule has 0 spiro atoms. The highest BCUT2D eigenvalue weighted by Crippen LogP contribution is 2.29. The van der Waals surface area contributed by atoms with E-state index in [2.05, 4.69) is 21.1 Å². The fourth-order valence-corrected chi connectivity index (χ4v) is 5.91. The maximum Gasteiger partial charge on any atom is 0.276 e. The second-order valence-corrected chi connectivity index (χ2v) is 9.71. The molecule has 10 heteroatoms. The molecule has 2 aromatic rings. The lowest BCUT2D eigenvalue weighted by atomic mass is 10.3. The van der Waals surface area contributed by atoms with Gasteiger partial charge in [-0.05, 0) is 35.0 Å². The summed E-state index contributed by atoms with van der Waals surface area (Å²) in [7, 11) is -3.50. The number of sulfonamides is 1. The molecule has 0 aliphatic carbocycles. The molecular formula is C13H14BrN3O4S2. The SMILES string of the molecule is Cc1cc(C(=O)N2CCN(S(=O)(=O)c3ccc(Br)s3)CC2)no1. The van der Waals surface area contributed by atoms with Crippen molar-refractivity contribution in [2.24, 2.45) is 0 Å². The summed E-state index contributed by atoms with van der Waals surface area (Å²) in [6, 6.07) is 4.87. The summed E-state index contributed by atoms with van der Waals surface area (Å²) in [6.45, 7) is 2.90. The Morgan fingerprint density at radius 3 is 2.52 bits per heavy atom. The molecule has 0 aromatic carbocycles. The van der Waals surface area contributed by atoms with Gasteiger partial charge in [-0.3, -0.25) is 4.79 Å². The van der Waals surface area contributed by atoms with Crippen LogP contribution in [0.3, 0.4) is 0 Å². The molecule has 3 heterocycles. The first kappa shape index (κ1) is 16.6. The Morgan fingerprint density at radius 2 is 2.00 bits per heavy atom. The van der Waals surface area contributed by atoms with Crippen LogP contribution in [0.1, 0.15) is 16.2 Å². The topological polar surface area (TPSA) is 83.7 Å². The Kier molecular flexibility index (Phi) is 4.59. The highest BCUT2D eigenvalue weighted by molar-refractivity contribution is 9.11. The van der Waals surface area contributed by atoms with Crippen molar-refractivity contribution in [3.8, 4) is 0 Å². The van der Waals surface area contributed by atoms with Gasteiger partial charge in [-0.15, -0.1) is 11.3 Å². The van der Waals surface area contributed by atoms with Gasteiger partial charge in [0.25, 0.3) is 15.9 Å². The standard InChI is InChI=1S/C13H14BrN3O4S2/c1-9-8-10(15-21-9)13(18)16-4-6-17(7-5-16)23(19,20)12-3-2-11(14)22-12/h2-3,8H,4-7H2,1H3. The van der Waals surface area contributed by atoms with Gasteiger partial charge >= 0.3 is 0 Å². The number of amides is 1. The van der Waals surface area contributed by atoms with E-state index in [0.717, 1.165) is 3.79 Å². The number of aryl methyl sites for hydroxylation is 1. The number of halogens is 1. The van der Waals surface area contributed by atoms with Crippen molar-refractivity contribution in [1.29, 1.82) is 0 Å². The fraction of sp³-hybridized carbons (Fsp3) is 0.385. The number of rotatable bonds is 3. The molecule has 3 rings (SSSR count). The predicted octanol–water partition coefficient (Wildman–Crippen LogP) is 1.95. The van der Waals surface area contributed by atoms with Gasteiger partial charge in [-0.1, -0.05) is 5.16 Å². The van der Waals surface area contributed by atoms with Crippen LogP contribution in [0, 0.1) is 6.92 Å². The van der Waals surface area contributed by atoms with Crippen molar-refractivity contribution >= 4 is 43.2 Å². The van der Waals surface area contributed by atoms with Crippen LogP contribution < -0.4 is 0 Å². The number of carbonyl (C=O) groups excluding carboxylic acids is 1. The molecule has 1 aliphatic rings. The Morgan fingerprint density at radius 1 is 1.30 bits per heavy atom. The van der Waals surface area contributed by atoms with E-state index in [0.29, 0.717) is 23.1 Å². The average molecular weight is 420 g/mol. The number of aromatic nitrogens is 1. The zero-order valence-electron chi connectivity index (χ0n) is 12.2. The summed E-state index contributed by atoms with van der Waals surface area (Å²) in [5, 5.41) is 3.71. The van der Waals surface area contributed by atoms with Crippen LogP contribution in [0.5, 0.6) is 0 Å². The van der Waals surface area contributed by atoms with Crippen molar-refractivity contribution in [2.75, 3.05) is 26.2 Å². The average Bonchev–Trinajstić information content (AvgIpc) is 3.15. The predicted molar refractivity (Wildman–Crippen MR) is 87.9 cm³/mol. The molecule has 1 aliphatic heterocycles. The molecule has 1 saturated heterocycles. The van der Waals surface area contributed by atoms with Crippen molar-refractivity contribution in [1.82, 2.24) is 14.4 Å². The van der Waals surface area contributed by atoms with Crippen LogP contribution in [0.25, 0.3) is 0 Å². The van der Waals surface area contributed by atoms with E-state index in [-0.39, 0.29) is 24.7 Å². The van der Waals surface area contributed by atoms with E-state index in [1.165, 1.54) is 15.6 Å². The van der Waals surface area contributed by atoms with Crippen LogP contribution in [0.15, 0.2) is 30.7 Å². The molecule has 0 bridgehead atoms. The van der Waals surface area contributed by atoms with E-state index in [9.17, 15) is 13.2 Å². The van der Waals surface area contributed by atoms with Crippen LogP contribution >= 0.6 is 27.3 Å². The number of piperazine rings is 1. The van der Waals surface area contributed by atoms with E-state index < -0.39 is 10.0 Å². The molecule has 23 heavy (non-hydrogen) atoms. The maximum absolute atomic E-state index is 12.5. The van der Waals surface area contributed by atoms with Crippen LogP contribution in [-0.4, -0.2) is 54.9 Å².